The predicted octanol–water partition coefficient (Wildman–Crippen LogP) is 1.20. The Balaban J connectivity index is 1.99. The summed E-state index contributed by atoms with van der Waals surface area (Å²) in [5.41, 5.74) is 4.54. The molecule has 0 aromatic heterocycles. The lowest BCUT2D eigenvalue weighted by Gasteiger charge is -2.12. The number of hydrazine groups is 1. The molecule has 10 heteroatoms. The summed E-state index contributed by atoms with van der Waals surface area (Å²) < 4.78 is 27.6. The van der Waals surface area contributed by atoms with E-state index in [0.717, 1.165) is 0 Å². The number of rotatable bonds is 3. The summed E-state index contributed by atoms with van der Waals surface area (Å²) in [4.78, 5) is 23.8. The van der Waals surface area contributed by atoms with Crippen LogP contribution in [0.2, 0.25) is 10.0 Å². The van der Waals surface area contributed by atoms with Gasteiger partial charge in [-0.3, -0.25) is 20.4 Å². The van der Waals surface area contributed by atoms with Gasteiger partial charge < -0.3 is 4.74 Å². The minimum Gasteiger partial charge on any atom is -0.494 e. The van der Waals surface area contributed by atoms with Gasteiger partial charge in [0.2, 0.25) is 5.91 Å². The van der Waals surface area contributed by atoms with Gasteiger partial charge >= 0.3 is 0 Å². The highest BCUT2D eigenvalue weighted by Crippen LogP contribution is 2.33. The van der Waals surface area contributed by atoms with Crippen LogP contribution in [0.3, 0.4) is 0 Å². The SMILES string of the molecule is COc1c(Cl)cc(C(=O)NNC(=O)[C@@H]2CCS(=O)(=O)C2)cc1Cl. The lowest BCUT2D eigenvalue weighted by atomic mass is 10.1. The van der Waals surface area contributed by atoms with Gasteiger partial charge in [-0.15, -0.1) is 0 Å². The number of ether oxygens (including phenoxy) is 1. The zero-order chi connectivity index (χ0) is 17.2. The quantitative estimate of drug-likeness (QED) is 0.767. The first-order valence-corrected chi connectivity index (χ1v) is 9.15. The van der Waals surface area contributed by atoms with E-state index in [1.807, 2.05) is 0 Å². The van der Waals surface area contributed by atoms with Crippen molar-refractivity contribution in [1.29, 1.82) is 0 Å². The highest BCUT2D eigenvalue weighted by Gasteiger charge is 2.33. The first-order valence-electron chi connectivity index (χ1n) is 6.57. The fourth-order valence-electron chi connectivity index (χ4n) is 2.18. The molecule has 0 bridgehead atoms. The Morgan fingerprint density at radius 2 is 1.83 bits per heavy atom. The number of carbonyl (C=O) groups excluding carboxylic acids is 2. The Labute approximate surface area is 143 Å². The second-order valence-corrected chi connectivity index (χ2v) is 8.06. The largest absolute Gasteiger partial charge is 0.494 e. The summed E-state index contributed by atoms with van der Waals surface area (Å²) in [5, 5.41) is 0.303. The molecule has 7 nitrogen and oxygen atoms in total. The van der Waals surface area contributed by atoms with Gasteiger partial charge in [-0.25, -0.2) is 8.42 Å². The maximum Gasteiger partial charge on any atom is 0.269 e. The van der Waals surface area contributed by atoms with Crippen LogP contribution in [0.5, 0.6) is 5.75 Å². The average molecular weight is 381 g/mol. The summed E-state index contributed by atoms with van der Waals surface area (Å²) in [6.45, 7) is 0. The third kappa shape index (κ3) is 4.27. The monoisotopic (exact) mass is 380 g/mol. The van der Waals surface area contributed by atoms with E-state index in [-0.39, 0.29) is 39.3 Å². The van der Waals surface area contributed by atoms with Crippen molar-refractivity contribution in [3.63, 3.8) is 0 Å². The van der Waals surface area contributed by atoms with Crippen molar-refractivity contribution in [2.24, 2.45) is 5.92 Å². The number of benzene rings is 1. The number of hydrogen-bond donors (Lipinski definition) is 2. The van der Waals surface area contributed by atoms with Gasteiger partial charge in [0.1, 0.15) is 0 Å². The summed E-state index contributed by atoms with van der Waals surface area (Å²) in [6.07, 6.45) is 0.240. The fraction of sp³-hybridized carbons (Fsp3) is 0.385. The predicted molar refractivity (Wildman–Crippen MR) is 85.4 cm³/mol. The van der Waals surface area contributed by atoms with Gasteiger partial charge in [0, 0.05) is 5.56 Å². The summed E-state index contributed by atoms with van der Waals surface area (Å²) >= 11 is 11.9. The van der Waals surface area contributed by atoms with Crippen LogP contribution in [0.25, 0.3) is 0 Å². The number of amides is 2. The number of hydrogen-bond acceptors (Lipinski definition) is 5. The van der Waals surface area contributed by atoms with Crippen molar-refractivity contribution >= 4 is 44.9 Å². The Kier molecular flexibility index (Phi) is 5.38. The van der Waals surface area contributed by atoms with E-state index in [1.54, 1.807) is 0 Å². The van der Waals surface area contributed by atoms with Crippen molar-refractivity contribution in [1.82, 2.24) is 10.9 Å². The molecule has 0 spiro atoms. The van der Waals surface area contributed by atoms with Crippen molar-refractivity contribution in [3.8, 4) is 5.75 Å². The molecular formula is C13H14Cl2N2O5S. The molecular weight excluding hydrogens is 367 g/mol. The topological polar surface area (TPSA) is 102 Å². The van der Waals surface area contributed by atoms with E-state index >= 15 is 0 Å². The van der Waals surface area contributed by atoms with Crippen LogP contribution in [-0.4, -0.2) is 38.8 Å². The highest BCUT2D eigenvalue weighted by atomic mass is 35.5. The van der Waals surface area contributed by atoms with Crippen LogP contribution >= 0.6 is 23.2 Å². The van der Waals surface area contributed by atoms with Crippen LogP contribution in [0.1, 0.15) is 16.8 Å². The molecule has 0 unspecified atom stereocenters. The molecule has 1 aliphatic rings. The first-order chi connectivity index (χ1) is 10.7. The molecule has 2 N–H and O–H groups in total. The van der Waals surface area contributed by atoms with Gasteiger partial charge in [0.15, 0.2) is 15.6 Å². The number of carbonyl (C=O) groups is 2. The molecule has 23 heavy (non-hydrogen) atoms. The van der Waals surface area contributed by atoms with Crippen LogP contribution in [0.15, 0.2) is 12.1 Å². The summed E-state index contributed by atoms with van der Waals surface area (Å²) in [5.74, 6) is -1.85. The molecule has 2 rings (SSSR count). The van der Waals surface area contributed by atoms with E-state index < -0.39 is 27.6 Å². The second kappa shape index (κ2) is 6.94. The molecule has 1 heterocycles. The van der Waals surface area contributed by atoms with Crippen molar-refractivity contribution in [2.45, 2.75) is 6.42 Å². The molecule has 0 saturated carbocycles. The zero-order valence-corrected chi connectivity index (χ0v) is 14.4. The molecule has 1 saturated heterocycles. The molecule has 1 fully saturated rings. The van der Waals surface area contributed by atoms with Crippen molar-refractivity contribution in [3.05, 3.63) is 27.7 Å². The molecule has 0 radical (unpaired) electrons. The van der Waals surface area contributed by atoms with Gasteiger partial charge in [0.05, 0.1) is 34.6 Å². The number of nitrogens with one attached hydrogen (secondary N) is 2. The van der Waals surface area contributed by atoms with E-state index in [9.17, 15) is 18.0 Å². The number of halogens is 2. The Bertz CT molecular complexity index is 728. The van der Waals surface area contributed by atoms with Crippen molar-refractivity contribution in [2.75, 3.05) is 18.6 Å². The van der Waals surface area contributed by atoms with Crippen LogP contribution in [0.4, 0.5) is 0 Å². The number of methoxy groups -OCH3 is 1. The molecule has 0 aliphatic carbocycles. The lowest BCUT2D eigenvalue weighted by Crippen LogP contribution is -2.44. The lowest BCUT2D eigenvalue weighted by molar-refractivity contribution is -0.125. The molecule has 2 amide bonds. The van der Waals surface area contributed by atoms with E-state index in [0.29, 0.717) is 0 Å². The number of sulfone groups is 1. The zero-order valence-electron chi connectivity index (χ0n) is 12.1. The normalized spacial score (nSPS) is 19.2. The van der Waals surface area contributed by atoms with Gasteiger partial charge in [0.25, 0.3) is 5.91 Å². The third-order valence-corrected chi connectivity index (χ3v) is 5.70. The van der Waals surface area contributed by atoms with Crippen LogP contribution in [0, 0.1) is 5.92 Å². The van der Waals surface area contributed by atoms with E-state index in [4.69, 9.17) is 27.9 Å². The van der Waals surface area contributed by atoms with Crippen LogP contribution in [-0.2, 0) is 14.6 Å². The maximum atomic E-state index is 12.0. The molecule has 1 atom stereocenters. The Morgan fingerprint density at radius 1 is 1.22 bits per heavy atom. The minimum atomic E-state index is -3.17. The first kappa shape index (κ1) is 17.8. The third-order valence-electron chi connectivity index (χ3n) is 3.37. The fourth-order valence-corrected chi connectivity index (χ4v) is 4.56. The maximum absolute atomic E-state index is 12.0. The highest BCUT2D eigenvalue weighted by molar-refractivity contribution is 7.91. The molecule has 126 valence electrons. The Morgan fingerprint density at radius 3 is 2.30 bits per heavy atom. The van der Waals surface area contributed by atoms with Gasteiger partial charge in [-0.05, 0) is 18.6 Å². The molecule has 1 aromatic rings. The smallest absolute Gasteiger partial charge is 0.269 e. The summed E-state index contributed by atoms with van der Waals surface area (Å²) in [6, 6.07) is 2.68. The standard InChI is InChI=1S/C13H14Cl2N2O5S/c1-22-11-9(14)4-8(5-10(11)15)13(19)17-16-12(18)7-2-3-23(20,21)6-7/h4-5,7H,2-3,6H2,1H3,(H,16,18)(H,17,19)/t7-/m1/s1. The van der Waals surface area contributed by atoms with Crippen molar-refractivity contribution < 1.29 is 22.7 Å². The van der Waals surface area contributed by atoms with Gasteiger partial charge in [-0.2, -0.15) is 0 Å². The second-order valence-electron chi connectivity index (χ2n) is 5.02. The van der Waals surface area contributed by atoms with E-state index in [2.05, 4.69) is 10.9 Å². The minimum absolute atomic E-state index is 0.0251. The van der Waals surface area contributed by atoms with Gasteiger partial charge in [-0.1, -0.05) is 23.2 Å². The Hall–Kier alpha value is -1.51. The molecule has 1 aromatic carbocycles. The summed E-state index contributed by atoms with van der Waals surface area (Å²) in [7, 11) is -1.78. The van der Waals surface area contributed by atoms with Crippen LogP contribution < -0.4 is 15.6 Å². The molecule has 1 aliphatic heterocycles. The van der Waals surface area contributed by atoms with E-state index in [1.165, 1.54) is 19.2 Å². The average Bonchev–Trinajstić information content (AvgIpc) is 2.84.